The number of nitrogens with zero attached hydrogens (tertiary/aromatic N) is 2. The molecular weight excluding hydrogens is 352 g/mol. The van der Waals surface area contributed by atoms with Gasteiger partial charge >= 0.3 is 0 Å². The molecule has 2 aliphatic rings. The van der Waals surface area contributed by atoms with Gasteiger partial charge in [0.05, 0.1) is 32.0 Å². The summed E-state index contributed by atoms with van der Waals surface area (Å²) in [7, 11) is 0. The Morgan fingerprint density at radius 3 is 2.88 bits per heavy atom. The Bertz CT molecular complexity index is 731. The second-order valence-corrected chi connectivity index (χ2v) is 6.84. The number of morpholine rings is 1. The van der Waals surface area contributed by atoms with E-state index in [2.05, 4.69) is 10.3 Å². The zero-order valence-electron chi connectivity index (χ0n) is 14.7. The molecule has 3 rings (SSSR count). The average molecular weight is 375 g/mol. The SMILES string of the molecule is Cc1cccc(N2C(=O)[C@@H](C=NCC[NH+]3CCOCC3)C(=O)NC2=S)c1. The molecule has 0 aliphatic carbocycles. The number of anilines is 1. The number of hydrogen-bond donors (Lipinski definition) is 2. The maximum absolute atomic E-state index is 12.8. The van der Waals surface area contributed by atoms with Crippen LogP contribution in [0.5, 0.6) is 0 Å². The lowest BCUT2D eigenvalue weighted by atomic mass is 10.1. The Hall–Kier alpha value is -2.16. The molecule has 1 atom stereocenters. The van der Waals surface area contributed by atoms with Gasteiger partial charge in [-0.15, -0.1) is 0 Å². The minimum Gasteiger partial charge on any atom is -0.370 e. The molecule has 2 N–H and O–H groups in total. The second-order valence-electron chi connectivity index (χ2n) is 6.45. The number of quaternary nitrogens is 1. The molecule has 7 nitrogen and oxygen atoms in total. The predicted octanol–water partition coefficient (Wildman–Crippen LogP) is -0.655. The second kappa shape index (κ2) is 8.48. The van der Waals surface area contributed by atoms with E-state index in [1.807, 2.05) is 25.1 Å². The quantitative estimate of drug-likeness (QED) is 0.407. The number of thiocarbonyl (C=S) groups is 1. The highest BCUT2D eigenvalue weighted by Gasteiger charge is 2.38. The van der Waals surface area contributed by atoms with Gasteiger partial charge in [-0.3, -0.25) is 19.5 Å². The number of aliphatic imine (C=N–C) groups is 1. The molecule has 1 aromatic rings. The largest absolute Gasteiger partial charge is 0.370 e. The van der Waals surface area contributed by atoms with E-state index in [0.717, 1.165) is 38.4 Å². The third kappa shape index (κ3) is 4.32. The number of nitrogens with one attached hydrogen (secondary N) is 2. The minimum absolute atomic E-state index is 0.105. The van der Waals surface area contributed by atoms with E-state index >= 15 is 0 Å². The molecule has 2 fully saturated rings. The van der Waals surface area contributed by atoms with Crippen LogP contribution >= 0.6 is 12.2 Å². The summed E-state index contributed by atoms with van der Waals surface area (Å²) < 4.78 is 5.33. The molecule has 2 heterocycles. The van der Waals surface area contributed by atoms with Gasteiger partial charge in [0, 0.05) is 6.21 Å². The molecule has 138 valence electrons. The van der Waals surface area contributed by atoms with Gasteiger partial charge in [-0.2, -0.15) is 0 Å². The Morgan fingerprint density at radius 2 is 2.15 bits per heavy atom. The molecule has 2 amide bonds. The first-order valence-electron chi connectivity index (χ1n) is 8.73. The van der Waals surface area contributed by atoms with E-state index in [4.69, 9.17) is 17.0 Å². The standard InChI is InChI=1S/C18H22N4O3S/c1-13-3-2-4-14(11-13)22-17(24)15(16(23)20-18(22)26)12-19-5-6-21-7-9-25-10-8-21/h2-4,11-12,15H,5-10H2,1H3,(H,20,23,26)/p+1/t15-/m0/s1. The summed E-state index contributed by atoms with van der Waals surface area (Å²) in [6, 6.07) is 7.44. The highest BCUT2D eigenvalue weighted by molar-refractivity contribution is 7.80. The minimum atomic E-state index is -0.957. The number of hydrogen-bond acceptors (Lipinski definition) is 5. The summed E-state index contributed by atoms with van der Waals surface area (Å²) in [5.74, 6) is -1.75. The van der Waals surface area contributed by atoms with E-state index < -0.39 is 11.8 Å². The molecule has 2 aliphatic heterocycles. The number of rotatable bonds is 5. The summed E-state index contributed by atoms with van der Waals surface area (Å²) in [4.78, 5) is 32.1. The van der Waals surface area contributed by atoms with Gasteiger partial charge in [0.1, 0.15) is 13.1 Å². The normalized spacial score (nSPS) is 22.1. The van der Waals surface area contributed by atoms with Crippen molar-refractivity contribution in [1.29, 1.82) is 0 Å². The Morgan fingerprint density at radius 1 is 1.38 bits per heavy atom. The van der Waals surface area contributed by atoms with Gasteiger partial charge < -0.3 is 15.0 Å². The Labute approximate surface area is 158 Å². The molecule has 2 saturated heterocycles. The van der Waals surface area contributed by atoms with Crippen LogP contribution in [0, 0.1) is 12.8 Å². The van der Waals surface area contributed by atoms with Gasteiger partial charge in [0.2, 0.25) is 5.91 Å². The number of carbonyl (C=O) groups excluding carboxylic acids is 2. The molecule has 0 radical (unpaired) electrons. The van der Waals surface area contributed by atoms with E-state index in [1.54, 1.807) is 6.07 Å². The lowest BCUT2D eigenvalue weighted by Gasteiger charge is -2.31. The van der Waals surface area contributed by atoms with Crippen LogP contribution in [0.2, 0.25) is 0 Å². The number of aryl methyl sites for hydroxylation is 1. The summed E-state index contributed by atoms with van der Waals surface area (Å²) >= 11 is 5.19. The fourth-order valence-electron chi connectivity index (χ4n) is 3.05. The smallest absolute Gasteiger partial charge is 0.251 e. The molecule has 0 spiro atoms. The zero-order chi connectivity index (χ0) is 18.5. The molecule has 26 heavy (non-hydrogen) atoms. The molecule has 1 aromatic carbocycles. The van der Waals surface area contributed by atoms with Crippen molar-refractivity contribution in [3.8, 4) is 0 Å². The van der Waals surface area contributed by atoms with Crippen molar-refractivity contribution in [2.24, 2.45) is 10.9 Å². The summed E-state index contributed by atoms with van der Waals surface area (Å²) in [5, 5.41) is 2.71. The molecule has 0 bridgehead atoms. The third-order valence-electron chi connectivity index (χ3n) is 4.51. The first kappa shape index (κ1) is 18.6. The van der Waals surface area contributed by atoms with Gasteiger partial charge in [0.15, 0.2) is 11.0 Å². The third-order valence-corrected chi connectivity index (χ3v) is 4.80. The van der Waals surface area contributed by atoms with E-state index in [1.165, 1.54) is 16.0 Å². The predicted molar refractivity (Wildman–Crippen MR) is 103 cm³/mol. The summed E-state index contributed by atoms with van der Waals surface area (Å²) in [5.41, 5.74) is 1.66. The number of carbonyl (C=O) groups is 2. The van der Waals surface area contributed by atoms with Gasteiger partial charge in [-0.25, -0.2) is 0 Å². The van der Waals surface area contributed by atoms with Crippen molar-refractivity contribution in [3.05, 3.63) is 29.8 Å². The first-order chi connectivity index (χ1) is 12.6. The monoisotopic (exact) mass is 375 g/mol. The molecular formula is C18H23N4O3S+. The van der Waals surface area contributed by atoms with E-state index in [9.17, 15) is 9.59 Å². The summed E-state index contributed by atoms with van der Waals surface area (Å²) in [6.07, 6.45) is 1.45. The van der Waals surface area contributed by atoms with Crippen molar-refractivity contribution in [3.63, 3.8) is 0 Å². The van der Waals surface area contributed by atoms with Crippen LogP contribution in [0.25, 0.3) is 0 Å². The van der Waals surface area contributed by atoms with Crippen LogP contribution in [0.3, 0.4) is 0 Å². The van der Waals surface area contributed by atoms with Crippen molar-refractivity contribution < 1.29 is 19.2 Å². The Kier molecular flexibility index (Phi) is 6.08. The number of ether oxygens (including phenoxy) is 1. The maximum Gasteiger partial charge on any atom is 0.251 e. The molecule has 0 saturated carbocycles. The first-order valence-corrected chi connectivity index (χ1v) is 9.14. The topological polar surface area (TPSA) is 75.4 Å². The van der Waals surface area contributed by atoms with Gasteiger partial charge in [0.25, 0.3) is 5.91 Å². The van der Waals surface area contributed by atoms with Gasteiger partial charge in [-0.1, -0.05) is 12.1 Å². The van der Waals surface area contributed by atoms with Crippen LogP contribution in [-0.2, 0) is 14.3 Å². The van der Waals surface area contributed by atoms with Crippen LogP contribution in [-0.4, -0.2) is 62.5 Å². The van der Waals surface area contributed by atoms with Crippen molar-refractivity contribution in [1.82, 2.24) is 5.32 Å². The number of benzene rings is 1. The fraction of sp³-hybridized carbons (Fsp3) is 0.444. The molecule has 0 aromatic heterocycles. The Balaban J connectivity index is 1.66. The van der Waals surface area contributed by atoms with Crippen LogP contribution in [0.1, 0.15) is 5.56 Å². The highest BCUT2D eigenvalue weighted by atomic mass is 32.1. The number of amides is 2. The van der Waals surface area contributed by atoms with Crippen molar-refractivity contribution in [2.45, 2.75) is 6.92 Å². The lowest BCUT2D eigenvalue weighted by molar-refractivity contribution is -0.906. The van der Waals surface area contributed by atoms with E-state index in [-0.39, 0.29) is 11.0 Å². The zero-order valence-corrected chi connectivity index (χ0v) is 15.6. The molecule has 8 heteroatoms. The van der Waals surface area contributed by atoms with Crippen molar-refractivity contribution in [2.75, 3.05) is 44.3 Å². The van der Waals surface area contributed by atoms with Crippen LogP contribution in [0.4, 0.5) is 5.69 Å². The maximum atomic E-state index is 12.8. The fourth-order valence-corrected chi connectivity index (χ4v) is 3.34. The van der Waals surface area contributed by atoms with Gasteiger partial charge in [-0.05, 0) is 36.8 Å². The van der Waals surface area contributed by atoms with Crippen LogP contribution in [0.15, 0.2) is 29.3 Å². The highest BCUT2D eigenvalue weighted by Crippen LogP contribution is 2.21. The van der Waals surface area contributed by atoms with Crippen molar-refractivity contribution >= 4 is 41.0 Å². The molecule has 0 unspecified atom stereocenters. The summed E-state index contributed by atoms with van der Waals surface area (Å²) in [6.45, 7) is 6.84. The lowest BCUT2D eigenvalue weighted by Crippen LogP contribution is -3.14. The van der Waals surface area contributed by atoms with E-state index in [0.29, 0.717) is 12.2 Å². The average Bonchev–Trinajstić information content (AvgIpc) is 2.61. The van der Waals surface area contributed by atoms with Crippen LogP contribution < -0.4 is 15.1 Å².